The van der Waals surface area contributed by atoms with Gasteiger partial charge in [0.1, 0.15) is 0 Å². The molecule has 0 amide bonds. The van der Waals surface area contributed by atoms with Crippen LogP contribution in [0.15, 0.2) is 18.2 Å². The van der Waals surface area contributed by atoms with Crippen molar-refractivity contribution in [2.45, 2.75) is 12.8 Å². The minimum atomic E-state index is -0.677. The van der Waals surface area contributed by atoms with E-state index >= 15 is 0 Å². The highest BCUT2D eigenvalue weighted by Gasteiger charge is 2.17. The molecule has 102 valence electrons. The lowest BCUT2D eigenvalue weighted by Crippen LogP contribution is -2.09. The lowest BCUT2D eigenvalue weighted by molar-refractivity contribution is -0.384. The lowest BCUT2D eigenvalue weighted by atomic mass is 10.0. The molecule has 0 atom stereocenters. The van der Waals surface area contributed by atoms with Crippen LogP contribution in [0, 0.1) is 10.1 Å². The van der Waals surface area contributed by atoms with E-state index in [0.29, 0.717) is 5.56 Å². The third-order valence-corrected chi connectivity index (χ3v) is 2.54. The molecule has 0 spiro atoms. The number of ether oxygens (including phenoxy) is 2. The van der Waals surface area contributed by atoms with Crippen molar-refractivity contribution < 1.29 is 24.0 Å². The fourth-order valence-corrected chi connectivity index (χ4v) is 1.53. The Labute approximate surface area is 109 Å². The molecule has 0 unspecified atom stereocenters. The van der Waals surface area contributed by atoms with Crippen molar-refractivity contribution in [2.75, 3.05) is 14.2 Å². The van der Waals surface area contributed by atoms with E-state index in [4.69, 9.17) is 0 Å². The zero-order valence-electron chi connectivity index (χ0n) is 10.5. The first-order valence-corrected chi connectivity index (χ1v) is 5.42. The number of nitro groups is 1. The van der Waals surface area contributed by atoms with E-state index in [-0.39, 0.29) is 24.1 Å². The maximum Gasteiger partial charge on any atom is 0.338 e. The molecule has 0 aliphatic heterocycles. The second kappa shape index (κ2) is 6.48. The van der Waals surface area contributed by atoms with Crippen molar-refractivity contribution in [2.24, 2.45) is 0 Å². The number of carbonyl (C=O) groups excluding carboxylic acids is 2. The Hall–Kier alpha value is -2.44. The van der Waals surface area contributed by atoms with Crippen molar-refractivity contribution in [1.29, 1.82) is 0 Å². The minimum Gasteiger partial charge on any atom is -0.469 e. The highest BCUT2D eigenvalue weighted by molar-refractivity contribution is 5.92. The normalized spacial score (nSPS) is 9.79. The first kappa shape index (κ1) is 14.6. The van der Waals surface area contributed by atoms with Gasteiger partial charge in [0.15, 0.2) is 0 Å². The van der Waals surface area contributed by atoms with Crippen molar-refractivity contribution in [3.63, 3.8) is 0 Å². The minimum absolute atomic E-state index is 0.0817. The maximum absolute atomic E-state index is 11.6. The van der Waals surface area contributed by atoms with E-state index in [9.17, 15) is 19.7 Å². The maximum atomic E-state index is 11.6. The summed E-state index contributed by atoms with van der Waals surface area (Å²) in [5.41, 5.74) is 0.380. The Bertz CT molecular complexity index is 511. The van der Waals surface area contributed by atoms with E-state index in [0.717, 1.165) is 6.07 Å². The summed E-state index contributed by atoms with van der Waals surface area (Å²) < 4.78 is 9.06. The molecule has 0 saturated carbocycles. The van der Waals surface area contributed by atoms with Gasteiger partial charge in [0.2, 0.25) is 0 Å². The molecule has 0 heterocycles. The second-order valence-corrected chi connectivity index (χ2v) is 3.67. The molecule has 7 nitrogen and oxygen atoms in total. The number of nitrogens with zero attached hydrogens (tertiary/aromatic N) is 1. The van der Waals surface area contributed by atoms with E-state index in [1.807, 2.05) is 0 Å². The number of hydrogen-bond donors (Lipinski definition) is 0. The summed E-state index contributed by atoms with van der Waals surface area (Å²) in [5, 5.41) is 10.7. The van der Waals surface area contributed by atoms with Crippen LogP contribution in [0.1, 0.15) is 22.3 Å². The molecule has 0 aliphatic carbocycles. The highest BCUT2D eigenvalue weighted by atomic mass is 16.6. The van der Waals surface area contributed by atoms with Gasteiger partial charge in [-0.25, -0.2) is 4.79 Å². The molecule has 0 aromatic heterocycles. The molecule has 7 heteroatoms. The average molecular weight is 267 g/mol. The van der Waals surface area contributed by atoms with Crippen LogP contribution in [0.5, 0.6) is 0 Å². The van der Waals surface area contributed by atoms with Gasteiger partial charge in [-0.3, -0.25) is 14.9 Å². The fraction of sp³-hybridized carbons (Fsp3) is 0.333. The van der Waals surface area contributed by atoms with Crippen molar-refractivity contribution in [3.05, 3.63) is 39.4 Å². The van der Waals surface area contributed by atoms with Gasteiger partial charge in [-0.1, -0.05) is 6.07 Å². The zero-order valence-corrected chi connectivity index (χ0v) is 10.5. The quantitative estimate of drug-likeness (QED) is 0.455. The van der Waals surface area contributed by atoms with Crippen LogP contribution in [-0.2, 0) is 20.7 Å². The predicted octanol–water partition coefficient (Wildman–Crippen LogP) is 1.49. The lowest BCUT2D eigenvalue weighted by Gasteiger charge is -2.07. The molecule has 0 aliphatic rings. The second-order valence-electron chi connectivity index (χ2n) is 3.67. The highest BCUT2D eigenvalue weighted by Crippen LogP contribution is 2.20. The number of non-ortho nitro benzene ring substituents is 1. The van der Waals surface area contributed by atoms with Crippen LogP contribution in [-0.4, -0.2) is 31.1 Å². The SMILES string of the molecule is COC(=O)CCc1ccc([N+](=O)[O-])cc1C(=O)OC. The molecule has 19 heavy (non-hydrogen) atoms. The topological polar surface area (TPSA) is 95.7 Å². The van der Waals surface area contributed by atoms with Crippen molar-refractivity contribution in [1.82, 2.24) is 0 Å². The van der Waals surface area contributed by atoms with Crippen LogP contribution < -0.4 is 0 Å². The van der Waals surface area contributed by atoms with Gasteiger partial charge in [0.25, 0.3) is 5.69 Å². The number of esters is 2. The molecule has 0 fully saturated rings. The standard InChI is InChI=1S/C12H13NO6/c1-18-11(14)6-4-8-3-5-9(13(16)17)7-10(8)12(15)19-2/h3,5,7H,4,6H2,1-2H3. The predicted molar refractivity (Wildman–Crippen MR) is 64.8 cm³/mol. The van der Waals surface area contributed by atoms with Gasteiger partial charge in [-0.15, -0.1) is 0 Å². The van der Waals surface area contributed by atoms with Crippen LogP contribution in [0.2, 0.25) is 0 Å². The number of benzene rings is 1. The Kier molecular flexibility index (Phi) is 4.99. The molecular weight excluding hydrogens is 254 g/mol. The molecule has 1 aromatic rings. The van der Waals surface area contributed by atoms with Crippen molar-refractivity contribution >= 4 is 17.6 Å². The largest absolute Gasteiger partial charge is 0.469 e. The van der Waals surface area contributed by atoms with Crippen LogP contribution in [0.25, 0.3) is 0 Å². The summed E-state index contributed by atoms with van der Waals surface area (Å²) in [5.74, 6) is -1.10. The Morgan fingerprint density at radius 3 is 2.47 bits per heavy atom. The first-order valence-electron chi connectivity index (χ1n) is 5.42. The van der Waals surface area contributed by atoms with Gasteiger partial charge in [0.05, 0.1) is 24.7 Å². The smallest absolute Gasteiger partial charge is 0.338 e. The number of methoxy groups -OCH3 is 2. The molecule has 1 rings (SSSR count). The first-order chi connectivity index (χ1) is 8.99. The van der Waals surface area contributed by atoms with E-state index in [1.54, 1.807) is 0 Å². The van der Waals surface area contributed by atoms with Crippen molar-refractivity contribution in [3.8, 4) is 0 Å². The molecular formula is C12H13NO6. The number of hydrogen-bond acceptors (Lipinski definition) is 6. The Morgan fingerprint density at radius 2 is 1.95 bits per heavy atom. The van der Waals surface area contributed by atoms with E-state index in [1.165, 1.54) is 26.4 Å². The van der Waals surface area contributed by atoms with Gasteiger partial charge < -0.3 is 9.47 Å². The summed E-state index contributed by atoms with van der Waals surface area (Å²) in [6.45, 7) is 0. The number of aryl methyl sites for hydroxylation is 1. The van der Waals surface area contributed by atoms with Gasteiger partial charge in [0, 0.05) is 18.6 Å². The van der Waals surface area contributed by atoms with Gasteiger partial charge >= 0.3 is 11.9 Å². The molecule has 1 aromatic carbocycles. The fourth-order valence-electron chi connectivity index (χ4n) is 1.53. The summed E-state index contributed by atoms with van der Waals surface area (Å²) in [6.07, 6.45) is 0.327. The van der Waals surface area contributed by atoms with E-state index in [2.05, 4.69) is 9.47 Å². The van der Waals surface area contributed by atoms with Crippen LogP contribution in [0.4, 0.5) is 5.69 Å². The zero-order chi connectivity index (χ0) is 14.4. The molecule has 0 saturated heterocycles. The number of carbonyl (C=O) groups is 2. The summed E-state index contributed by atoms with van der Waals surface area (Å²) >= 11 is 0. The van der Waals surface area contributed by atoms with Gasteiger partial charge in [-0.2, -0.15) is 0 Å². The number of rotatable bonds is 5. The van der Waals surface area contributed by atoms with E-state index < -0.39 is 16.9 Å². The average Bonchev–Trinajstić information content (AvgIpc) is 2.43. The third-order valence-electron chi connectivity index (χ3n) is 2.54. The molecule has 0 bridgehead atoms. The van der Waals surface area contributed by atoms with Crippen LogP contribution >= 0.6 is 0 Å². The monoisotopic (exact) mass is 267 g/mol. The molecule has 0 radical (unpaired) electrons. The Morgan fingerprint density at radius 1 is 1.26 bits per heavy atom. The molecule has 0 N–H and O–H groups in total. The summed E-state index contributed by atoms with van der Waals surface area (Å²) in [7, 11) is 2.45. The number of nitro benzene ring substituents is 1. The summed E-state index contributed by atoms with van der Waals surface area (Å²) in [6, 6.07) is 3.85. The Balaban J connectivity index is 3.05. The third kappa shape index (κ3) is 3.77. The van der Waals surface area contributed by atoms with Crippen LogP contribution in [0.3, 0.4) is 0 Å². The summed E-state index contributed by atoms with van der Waals surface area (Å²) in [4.78, 5) is 32.7. The van der Waals surface area contributed by atoms with Gasteiger partial charge in [-0.05, 0) is 12.0 Å².